The monoisotopic (exact) mass is 274 g/mol. The Bertz CT molecular complexity index is 621. The molecule has 2 aliphatic heterocycles. The Hall–Kier alpha value is -1.55. The number of carbonyl (C=O) groups excluding carboxylic acids is 1. The predicted molar refractivity (Wildman–Crippen MR) is 79.3 cm³/mol. The predicted octanol–water partition coefficient (Wildman–Crippen LogP) is 2.44. The average molecular weight is 274 g/mol. The van der Waals surface area contributed by atoms with Crippen LogP contribution in [-0.4, -0.2) is 18.1 Å². The first kappa shape index (κ1) is 13.4. The molecule has 0 aromatic heterocycles. The average Bonchev–Trinajstić information content (AvgIpc) is 2.77. The van der Waals surface area contributed by atoms with Gasteiger partial charge in [-0.15, -0.1) is 0 Å². The van der Waals surface area contributed by atoms with Crippen molar-refractivity contribution in [2.75, 3.05) is 11.9 Å². The Morgan fingerprint density at radius 1 is 1.40 bits per heavy atom. The maximum atomic E-state index is 12.2. The van der Waals surface area contributed by atoms with E-state index in [0.29, 0.717) is 6.54 Å². The third-order valence-corrected chi connectivity index (χ3v) is 5.06. The Morgan fingerprint density at radius 2 is 2.05 bits per heavy atom. The van der Waals surface area contributed by atoms with Crippen molar-refractivity contribution < 1.29 is 9.53 Å². The lowest BCUT2D eigenvalue weighted by Gasteiger charge is -2.27. The summed E-state index contributed by atoms with van der Waals surface area (Å²) in [7, 11) is 0. The Labute approximate surface area is 119 Å². The van der Waals surface area contributed by atoms with E-state index in [4.69, 9.17) is 10.5 Å². The Kier molecular flexibility index (Phi) is 2.52. The molecule has 0 bridgehead atoms. The molecular formula is C16H22N2O2. The molecule has 108 valence electrons. The molecule has 0 aliphatic carbocycles. The van der Waals surface area contributed by atoms with E-state index in [0.717, 1.165) is 22.6 Å². The van der Waals surface area contributed by atoms with Gasteiger partial charge in [0.25, 0.3) is 0 Å². The molecule has 2 aliphatic rings. The number of ether oxygens (including phenoxy) is 1. The summed E-state index contributed by atoms with van der Waals surface area (Å²) < 4.78 is 6.22. The van der Waals surface area contributed by atoms with E-state index in [1.54, 1.807) is 0 Å². The quantitative estimate of drug-likeness (QED) is 0.826. The van der Waals surface area contributed by atoms with Crippen molar-refractivity contribution in [1.29, 1.82) is 0 Å². The maximum absolute atomic E-state index is 12.2. The molecule has 4 nitrogen and oxygen atoms in total. The number of nitrogens with one attached hydrogen (secondary N) is 1. The minimum atomic E-state index is -0.564. The maximum Gasteiger partial charge on any atom is 0.234 e. The fourth-order valence-electron chi connectivity index (χ4n) is 3.27. The van der Waals surface area contributed by atoms with Crippen LogP contribution in [0.25, 0.3) is 0 Å². The third-order valence-electron chi connectivity index (χ3n) is 5.06. The van der Waals surface area contributed by atoms with Gasteiger partial charge in [0, 0.05) is 23.6 Å². The van der Waals surface area contributed by atoms with Crippen LogP contribution in [0.2, 0.25) is 0 Å². The second-order valence-electron chi connectivity index (χ2n) is 6.78. The van der Waals surface area contributed by atoms with Gasteiger partial charge in [-0.1, -0.05) is 6.92 Å². The number of aryl methyl sites for hydroxylation is 1. The SMILES string of the molecule is Cc1cc2c(c3c1NC(=O)C3(C)C)O[C@@](C)(CN)[C@@H]2C. The number of amides is 1. The summed E-state index contributed by atoms with van der Waals surface area (Å²) >= 11 is 0. The van der Waals surface area contributed by atoms with Crippen LogP contribution in [-0.2, 0) is 10.2 Å². The number of carbonyl (C=O) groups is 1. The van der Waals surface area contributed by atoms with Gasteiger partial charge in [-0.3, -0.25) is 4.79 Å². The number of rotatable bonds is 1. The first-order chi connectivity index (χ1) is 9.22. The van der Waals surface area contributed by atoms with Crippen LogP contribution in [0.5, 0.6) is 5.75 Å². The molecule has 2 heterocycles. The molecule has 3 N–H and O–H groups in total. The van der Waals surface area contributed by atoms with Crippen molar-refractivity contribution in [1.82, 2.24) is 0 Å². The molecule has 4 heteroatoms. The Balaban J connectivity index is 2.28. The lowest BCUT2D eigenvalue weighted by molar-refractivity contribution is -0.119. The molecule has 0 saturated heterocycles. The normalized spacial score (nSPS) is 29.7. The van der Waals surface area contributed by atoms with Crippen LogP contribution < -0.4 is 15.8 Å². The number of anilines is 1. The number of hydrogen-bond donors (Lipinski definition) is 2. The zero-order valence-corrected chi connectivity index (χ0v) is 12.8. The molecule has 0 saturated carbocycles. The lowest BCUT2D eigenvalue weighted by Crippen LogP contribution is -2.41. The zero-order valence-electron chi connectivity index (χ0n) is 12.8. The molecule has 2 atom stereocenters. The molecule has 20 heavy (non-hydrogen) atoms. The van der Waals surface area contributed by atoms with E-state index >= 15 is 0 Å². The van der Waals surface area contributed by atoms with Gasteiger partial charge in [0.1, 0.15) is 11.4 Å². The largest absolute Gasteiger partial charge is 0.485 e. The highest BCUT2D eigenvalue weighted by Crippen LogP contribution is 2.54. The molecule has 3 rings (SSSR count). The highest BCUT2D eigenvalue weighted by molar-refractivity contribution is 6.07. The van der Waals surface area contributed by atoms with Crippen LogP contribution in [0.4, 0.5) is 5.69 Å². The smallest absolute Gasteiger partial charge is 0.234 e. The van der Waals surface area contributed by atoms with Crippen molar-refractivity contribution in [3.05, 3.63) is 22.8 Å². The summed E-state index contributed by atoms with van der Waals surface area (Å²) in [6.07, 6.45) is 0. The number of fused-ring (bicyclic) bond motifs is 3. The van der Waals surface area contributed by atoms with Gasteiger partial charge in [0.05, 0.1) is 11.1 Å². The Morgan fingerprint density at radius 3 is 2.65 bits per heavy atom. The van der Waals surface area contributed by atoms with Crippen molar-refractivity contribution in [3.8, 4) is 5.75 Å². The van der Waals surface area contributed by atoms with E-state index < -0.39 is 11.0 Å². The van der Waals surface area contributed by atoms with Gasteiger partial charge in [0.2, 0.25) is 5.91 Å². The fourth-order valence-corrected chi connectivity index (χ4v) is 3.27. The van der Waals surface area contributed by atoms with Crippen LogP contribution in [0.1, 0.15) is 50.3 Å². The number of benzene rings is 1. The molecule has 1 aromatic carbocycles. The first-order valence-electron chi connectivity index (χ1n) is 7.11. The van der Waals surface area contributed by atoms with Gasteiger partial charge in [-0.25, -0.2) is 0 Å². The highest BCUT2D eigenvalue weighted by Gasteiger charge is 2.49. The molecule has 0 unspecified atom stereocenters. The van der Waals surface area contributed by atoms with Crippen molar-refractivity contribution in [2.24, 2.45) is 5.73 Å². The van der Waals surface area contributed by atoms with Gasteiger partial charge in [-0.05, 0) is 39.3 Å². The van der Waals surface area contributed by atoms with Gasteiger partial charge in [-0.2, -0.15) is 0 Å². The van der Waals surface area contributed by atoms with Gasteiger partial charge >= 0.3 is 0 Å². The number of nitrogens with two attached hydrogens (primary N) is 1. The second-order valence-corrected chi connectivity index (χ2v) is 6.78. The molecule has 0 spiro atoms. The van der Waals surface area contributed by atoms with E-state index in [2.05, 4.69) is 18.3 Å². The van der Waals surface area contributed by atoms with Crippen LogP contribution in [0, 0.1) is 6.92 Å². The molecule has 0 radical (unpaired) electrons. The van der Waals surface area contributed by atoms with Crippen LogP contribution in [0.15, 0.2) is 6.07 Å². The topological polar surface area (TPSA) is 64.3 Å². The first-order valence-corrected chi connectivity index (χ1v) is 7.11. The highest BCUT2D eigenvalue weighted by atomic mass is 16.5. The molecule has 0 fully saturated rings. The summed E-state index contributed by atoms with van der Waals surface area (Å²) in [5.74, 6) is 1.11. The molecule has 1 aromatic rings. The number of hydrogen-bond acceptors (Lipinski definition) is 3. The summed E-state index contributed by atoms with van der Waals surface area (Å²) in [5.41, 5.74) is 9.10. The van der Waals surface area contributed by atoms with Crippen molar-refractivity contribution in [2.45, 2.75) is 51.6 Å². The summed E-state index contributed by atoms with van der Waals surface area (Å²) in [6, 6.07) is 2.13. The van der Waals surface area contributed by atoms with E-state index in [1.165, 1.54) is 5.56 Å². The minimum Gasteiger partial charge on any atom is -0.485 e. The summed E-state index contributed by atoms with van der Waals surface area (Å²) in [5, 5.41) is 3.00. The standard InChI is InChI=1S/C16H22N2O2/c1-8-6-10-9(2)16(5,7-17)20-13(10)11-12(8)18-14(19)15(11,3)4/h6,9H,7,17H2,1-5H3,(H,18,19)/t9-,16+/m1/s1. The fraction of sp³-hybridized carbons (Fsp3) is 0.562. The van der Waals surface area contributed by atoms with Gasteiger partial charge in [0.15, 0.2) is 0 Å². The van der Waals surface area contributed by atoms with Crippen LogP contribution >= 0.6 is 0 Å². The van der Waals surface area contributed by atoms with Crippen molar-refractivity contribution in [3.63, 3.8) is 0 Å². The van der Waals surface area contributed by atoms with Crippen molar-refractivity contribution >= 4 is 11.6 Å². The molecular weight excluding hydrogens is 252 g/mol. The summed E-state index contributed by atoms with van der Waals surface area (Å²) in [6.45, 7) is 10.6. The summed E-state index contributed by atoms with van der Waals surface area (Å²) in [4.78, 5) is 12.2. The lowest BCUT2D eigenvalue weighted by atomic mass is 9.81. The van der Waals surface area contributed by atoms with E-state index in [9.17, 15) is 4.79 Å². The minimum absolute atomic E-state index is 0.0293. The molecule has 1 amide bonds. The van der Waals surface area contributed by atoms with Gasteiger partial charge < -0.3 is 15.8 Å². The van der Waals surface area contributed by atoms with E-state index in [1.807, 2.05) is 27.7 Å². The zero-order chi connectivity index (χ0) is 14.9. The van der Waals surface area contributed by atoms with E-state index in [-0.39, 0.29) is 11.8 Å². The third kappa shape index (κ3) is 1.43. The second kappa shape index (κ2) is 3.76. The van der Waals surface area contributed by atoms with Crippen LogP contribution in [0.3, 0.4) is 0 Å².